The fourth-order valence-corrected chi connectivity index (χ4v) is 3.99. The molecule has 6 nitrogen and oxygen atoms in total. The van der Waals surface area contributed by atoms with Crippen molar-refractivity contribution in [2.75, 3.05) is 43.8 Å². The molecule has 7 heteroatoms. The lowest BCUT2D eigenvalue weighted by Gasteiger charge is -2.32. The molecule has 0 radical (unpaired) electrons. The van der Waals surface area contributed by atoms with Gasteiger partial charge in [-0.25, -0.2) is 8.42 Å². The molecule has 1 amide bonds. The van der Waals surface area contributed by atoms with Crippen LogP contribution in [0.1, 0.15) is 15.9 Å². The summed E-state index contributed by atoms with van der Waals surface area (Å²) in [6.07, 6.45) is 1.20. The molecule has 1 saturated heterocycles. The largest absolute Gasteiger partial charge is 0.336 e. The summed E-state index contributed by atoms with van der Waals surface area (Å²) in [7, 11) is -1.36. The lowest BCUT2D eigenvalue weighted by molar-refractivity contribution is 0.0664. The molecule has 1 aliphatic rings. The number of amides is 1. The number of hydrogen-bond acceptors (Lipinski definition) is 4. The van der Waals surface area contributed by atoms with Crippen LogP contribution in [0.15, 0.2) is 54.6 Å². The predicted molar refractivity (Wildman–Crippen MR) is 107 cm³/mol. The number of anilines is 1. The second-order valence-electron chi connectivity index (χ2n) is 6.90. The predicted octanol–water partition coefficient (Wildman–Crippen LogP) is 2.04. The van der Waals surface area contributed by atoms with Crippen molar-refractivity contribution in [3.63, 3.8) is 0 Å². The number of benzene rings is 2. The number of carbonyl (C=O) groups excluding carboxylic acids is 1. The maximum atomic E-state index is 12.6. The van der Waals surface area contributed by atoms with Gasteiger partial charge in [0.25, 0.3) is 5.91 Å². The standard InChI is InChI=1S/C20H25N3O3S/c1-21-12-14-22(15-13-21)20(24)18-10-8-17(9-11-18)16-23(27(2,25)26)19-6-4-3-5-7-19/h3-11H,12-16H2,1-2H3. The fourth-order valence-electron chi connectivity index (χ4n) is 3.10. The van der Waals surface area contributed by atoms with Crippen LogP contribution in [0.3, 0.4) is 0 Å². The Hall–Kier alpha value is -2.38. The highest BCUT2D eigenvalue weighted by atomic mass is 32.2. The zero-order valence-electron chi connectivity index (χ0n) is 15.7. The third kappa shape index (κ3) is 4.87. The first-order chi connectivity index (χ1) is 12.8. The van der Waals surface area contributed by atoms with Crippen molar-refractivity contribution in [3.05, 3.63) is 65.7 Å². The van der Waals surface area contributed by atoms with Gasteiger partial charge in [-0.15, -0.1) is 0 Å². The van der Waals surface area contributed by atoms with E-state index in [9.17, 15) is 13.2 Å². The second kappa shape index (κ2) is 8.10. The van der Waals surface area contributed by atoms with Crippen LogP contribution in [-0.4, -0.2) is 63.6 Å². The van der Waals surface area contributed by atoms with Gasteiger partial charge in [0.2, 0.25) is 10.0 Å². The Labute approximate surface area is 161 Å². The highest BCUT2D eigenvalue weighted by molar-refractivity contribution is 7.92. The molecule has 0 unspecified atom stereocenters. The minimum absolute atomic E-state index is 0.0256. The molecular formula is C20H25N3O3S. The van der Waals surface area contributed by atoms with E-state index in [0.717, 1.165) is 31.7 Å². The number of rotatable bonds is 5. The molecule has 0 aliphatic carbocycles. The average Bonchev–Trinajstić information content (AvgIpc) is 2.66. The van der Waals surface area contributed by atoms with Crippen molar-refractivity contribution in [1.29, 1.82) is 0 Å². The summed E-state index contributed by atoms with van der Waals surface area (Å²) < 4.78 is 25.8. The zero-order valence-corrected chi connectivity index (χ0v) is 16.5. The van der Waals surface area contributed by atoms with E-state index in [-0.39, 0.29) is 12.5 Å². The molecule has 1 fully saturated rings. The first kappa shape index (κ1) is 19.4. The average molecular weight is 388 g/mol. The van der Waals surface area contributed by atoms with Crippen LogP contribution >= 0.6 is 0 Å². The molecule has 0 aromatic heterocycles. The molecule has 3 rings (SSSR count). The van der Waals surface area contributed by atoms with Crippen LogP contribution in [0.4, 0.5) is 5.69 Å². The Kier molecular flexibility index (Phi) is 5.82. The molecule has 2 aromatic rings. The number of hydrogen-bond donors (Lipinski definition) is 0. The Morgan fingerprint density at radius 3 is 2.11 bits per heavy atom. The summed E-state index contributed by atoms with van der Waals surface area (Å²) in [5.74, 6) is 0.0256. The van der Waals surface area contributed by atoms with Crippen molar-refractivity contribution in [3.8, 4) is 0 Å². The summed E-state index contributed by atoms with van der Waals surface area (Å²) in [6, 6.07) is 16.2. The van der Waals surface area contributed by atoms with Gasteiger partial charge in [0.15, 0.2) is 0 Å². The highest BCUT2D eigenvalue weighted by Gasteiger charge is 2.21. The van der Waals surface area contributed by atoms with Crippen LogP contribution < -0.4 is 4.31 Å². The van der Waals surface area contributed by atoms with Crippen LogP contribution in [0.25, 0.3) is 0 Å². The van der Waals surface area contributed by atoms with Crippen molar-refractivity contribution in [2.24, 2.45) is 0 Å². The van der Waals surface area contributed by atoms with Crippen molar-refractivity contribution >= 4 is 21.6 Å². The van der Waals surface area contributed by atoms with Crippen LogP contribution in [0.2, 0.25) is 0 Å². The maximum Gasteiger partial charge on any atom is 0.253 e. The minimum atomic E-state index is -3.41. The topological polar surface area (TPSA) is 60.9 Å². The quantitative estimate of drug-likeness (QED) is 0.788. The molecule has 1 aliphatic heterocycles. The molecule has 0 N–H and O–H groups in total. The van der Waals surface area contributed by atoms with E-state index in [0.29, 0.717) is 11.3 Å². The van der Waals surface area contributed by atoms with Crippen molar-refractivity contribution < 1.29 is 13.2 Å². The second-order valence-corrected chi connectivity index (χ2v) is 8.80. The van der Waals surface area contributed by atoms with E-state index in [2.05, 4.69) is 11.9 Å². The Bertz CT molecular complexity index is 874. The Balaban J connectivity index is 1.73. The van der Waals surface area contributed by atoms with E-state index >= 15 is 0 Å². The molecule has 0 saturated carbocycles. The minimum Gasteiger partial charge on any atom is -0.336 e. The molecular weight excluding hydrogens is 362 g/mol. The molecule has 2 aromatic carbocycles. The third-order valence-electron chi connectivity index (χ3n) is 4.76. The molecule has 1 heterocycles. The Morgan fingerprint density at radius 2 is 1.56 bits per heavy atom. The van der Waals surface area contributed by atoms with Gasteiger partial charge in [0, 0.05) is 31.7 Å². The van der Waals surface area contributed by atoms with Gasteiger partial charge in [-0.1, -0.05) is 30.3 Å². The van der Waals surface area contributed by atoms with E-state index in [4.69, 9.17) is 0 Å². The summed E-state index contributed by atoms with van der Waals surface area (Å²) in [6.45, 7) is 3.44. The Morgan fingerprint density at radius 1 is 0.963 bits per heavy atom. The van der Waals surface area contributed by atoms with Crippen LogP contribution in [0, 0.1) is 0 Å². The lowest BCUT2D eigenvalue weighted by atomic mass is 10.1. The van der Waals surface area contributed by atoms with Crippen LogP contribution in [0.5, 0.6) is 0 Å². The lowest BCUT2D eigenvalue weighted by Crippen LogP contribution is -2.47. The van der Waals surface area contributed by atoms with Gasteiger partial charge < -0.3 is 9.80 Å². The maximum absolute atomic E-state index is 12.6. The van der Waals surface area contributed by atoms with Crippen LogP contribution in [-0.2, 0) is 16.6 Å². The van der Waals surface area contributed by atoms with Gasteiger partial charge in [0.05, 0.1) is 18.5 Å². The van der Waals surface area contributed by atoms with E-state index in [1.54, 1.807) is 24.3 Å². The summed E-state index contributed by atoms with van der Waals surface area (Å²) in [5.41, 5.74) is 2.09. The van der Waals surface area contributed by atoms with Gasteiger partial charge in [-0.2, -0.15) is 0 Å². The highest BCUT2D eigenvalue weighted by Crippen LogP contribution is 2.20. The first-order valence-corrected chi connectivity index (χ1v) is 10.8. The van der Waals surface area contributed by atoms with E-state index in [1.807, 2.05) is 35.2 Å². The molecule has 0 spiro atoms. The number of piperazine rings is 1. The van der Waals surface area contributed by atoms with Crippen molar-refractivity contribution in [2.45, 2.75) is 6.54 Å². The zero-order chi connectivity index (χ0) is 19.4. The molecule has 0 atom stereocenters. The third-order valence-corrected chi connectivity index (χ3v) is 5.90. The van der Waals surface area contributed by atoms with E-state index in [1.165, 1.54) is 10.6 Å². The van der Waals surface area contributed by atoms with Crippen molar-refractivity contribution in [1.82, 2.24) is 9.80 Å². The summed E-state index contributed by atoms with van der Waals surface area (Å²) in [5, 5.41) is 0. The van der Waals surface area contributed by atoms with E-state index < -0.39 is 10.0 Å². The summed E-state index contributed by atoms with van der Waals surface area (Å²) >= 11 is 0. The van der Waals surface area contributed by atoms with Gasteiger partial charge in [0.1, 0.15) is 0 Å². The van der Waals surface area contributed by atoms with Gasteiger partial charge in [-0.05, 0) is 36.9 Å². The normalized spacial score (nSPS) is 15.6. The molecule has 0 bridgehead atoms. The number of likely N-dealkylation sites (N-methyl/N-ethyl adjacent to an activating group) is 1. The first-order valence-electron chi connectivity index (χ1n) is 8.94. The smallest absolute Gasteiger partial charge is 0.253 e. The SMILES string of the molecule is CN1CCN(C(=O)c2ccc(CN(c3ccccc3)S(C)(=O)=O)cc2)CC1. The number of carbonyl (C=O) groups is 1. The molecule has 27 heavy (non-hydrogen) atoms. The summed E-state index contributed by atoms with van der Waals surface area (Å²) in [4.78, 5) is 16.7. The van der Waals surface area contributed by atoms with Gasteiger partial charge in [-0.3, -0.25) is 9.10 Å². The molecule has 144 valence electrons. The fraction of sp³-hybridized carbons (Fsp3) is 0.350. The number of sulfonamides is 1. The monoisotopic (exact) mass is 387 g/mol. The number of nitrogens with zero attached hydrogens (tertiary/aromatic N) is 3. The van der Waals surface area contributed by atoms with Gasteiger partial charge >= 0.3 is 0 Å². The number of para-hydroxylation sites is 1.